The molecular weight excluding hydrogens is 288 g/mol. The van der Waals surface area contributed by atoms with Crippen LogP contribution in [0.15, 0.2) is 24.3 Å². The quantitative estimate of drug-likeness (QED) is 0.890. The molecule has 0 aliphatic carbocycles. The van der Waals surface area contributed by atoms with E-state index in [2.05, 4.69) is 9.69 Å². The Morgan fingerprint density at radius 1 is 1.24 bits per heavy atom. The van der Waals surface area contributed by atoms with Crippen molar-refractivity contribution >= 4 is 28.4 Å². The van der Waals surface area contributed by atoms with Gasteiger partial charge in [-0.15, -0.1) is 0 Å². The van der Waals surface area contributed by atoms with Gasteiger partial charge in [-0.25, -0.2) is 4.79 Å². The number of rotatable bonds is 5. The van der Waals surface area contributed by atoms with Crippen molar-refractivity contribution in [1.82, 2.24) is 4.37 Å². The lowest BCUT2D eigenvalue weighted by molar-refractivity contribution is -0.116. The molecule has 1 amide bonds. The molecule has 110 valence electrons. The summed E-state index contributed by atoms with van der Waals surface area (Å²) in [4.78, 5) is 23.0. The highest BCUT2D eigenvalue weighted by Gasteiger charge is 2.18. The molecule has 0 atom stereocenters. The first-order valence-electron chi connectivity index (χ1n) is 6.52. The minimum atomic E-state index is -1.07. The van der Waals surface area contributed by atoms with Crippen LogP contribution in [-0.4, -0.2) is 21.4 Å². The van der Waals surface area contributed by atoms with Crippen molar-refractivity contribution in [2.75, 3.05) is 5.32 Å². The molecule has 2 N–H and O–H groups in total. The number of benzene rings is 1. The number of carbonyl (C=O) groups is 2. The monoisotopic (exact) mass is 304 g/mol. The Morgan fingerprint density at radius 2 is 1.90 bits per heavy atom. The van der Waals surface area contributed by atoms with Gasteiger partial charge in [0.2, 0.25) is 5.91 Å². The minimum absolute atomic E-state index is 0.0729. The fraction of sp³-hybridized carbons (Fsp3) is 0.267. The molecule has 2 aromatic rings. The zero-order valence-corrected chi connectivity index (χ0v) is 12.7. The summed E-state index contributed by atoms with van der Waals surface area (Å²) in [7, 11) is 0. The number of aromatic nitrogens is 1. The van der Waals surface area contributed by atoms with Crippen molar-refractivity contribution in [3.63, 3.8) is 0 Å². The lowest BCUT2D eigenvalue weighted by Gasteiger charge is -2.04. The van der Waals surface area contributed by atoms with Crippen LogP contribution in [0.4, 0.5) is 5.00 Å². The zero-order chi connectivity index (χ0) is 15.4. The average molecular weight is 304 g/mol. The first kappa shape index (κ1) is 15.2. The normalized spacial score (nSPS) is 10.4. The molecule has 1 heterocycles. The number of carboxylic acid groups (broad SMARTS) is 1. The number of amides is 1. The minimum Gasteiger partial charge on any atom is -0.478 e. The molecule has 0 radical (unpaired) electrons. The summed E-state index contributed by atoms with van der Waals surface area (Å²) < 4.78 is 3.96. The summed E-state index contributed by atoms with van der Waals surface area (Å²) in [6.07, 6.45) is 0.922. The Hall–Kier alpha value is -2.21. The molecule has 6 heteroatoms. The number of aromatic carboxylic acids is 1. The van der Waals surface area contributed by atoms with Gasteiger partial charge in [0.15, 0.2) is 0 Å². The van der Waals surface area contributed by atoms with Crippen LogP contribution >= 0.6 is 11.5 Å². The van der Waals surface area contributed by atoms with Gasteiger partial charge in [-0.05, 0) is 37.4 Å². The molecule has 21 heavy (non-hydrogen) atoms. The highest BCUT2D eigenvalue weighted by atomic mass is 32.1. The lowest BCUT2D eigenvalue weighted by atomic mass is 10.1. The van der Waals surface area contributed by atoms with Gasteiger partial charge in [-0.2, -0.15) is 4.37 Å². The van der Waals surface area contributed by atoms with Crippen LogP contribution in [0.3, 0.4) is 0 Å². The SMILES string of the molecule is Cc1ccc(CCC(=O)Nc2snc(C)c2C(=O)O)cc1. The van der Waals surface area contributed by atoms with Crippen LogP contribution < -0.4 is 5.32 Å². The largest absolute Gasteiger partial charge is 0.478 e. The van der Waals surface area contributed by atoms with Crippen LogP contribution in [0.2, 0.25) is 0 Å². The van der Waals surface area contributed by atoms with E-state index in [4.69, 9.17) is 5.11 Å². The van der Waals surface area contributed by atoms with Gasteiger partial charge in [-0.1, -0.05) is 29.8 Å². The van der Waals surface area contributed by atoms with Crippen molar-refractivity contribution in [2.45, 2.75) is 26.7 Å². The third kappa shape index (κ3) is 3.88. The second-order valence-corrected chi connectivity index (χ2v) is 5.58. The number of aryl methyl sites for hydroxylation is 3. The summed E-state index contributed by atoms with van der Waals surface area (Å²) in [5.41, 5.74) is 2.74. The van der Waals surface area contributed by atoms with Gasteiger partial charge >= 0.3 is 5.97 Å². The molecule has 0 saturated carbocycles. The summed E-state index contributed by atoms with van der Waals surface area (Å²) in [6, 6.07) is 7.98. The summed E-state index contributed by atoms with van der Waals surface area (Å²) in [5, 5.41) is 12.0. The fourth-order valence-electron chi connectivity index (χ4n) is 1.91. The number of nitrogens with zero attached hydrogens (tertiary/aromatic N) is 1. The van der Waals surface area contributed by atoms with E-state index < -0.39 is 5.97 Å². The predicted molar refractivity (Wildman–Crippen MR) is 81.9 cm³/mol. The van der Waals surface area contributed by atoms with Crippen molar-refractivity contribution in [3.8, 4) is 0 Å². The van der Waals surface area contributed by atoms with Crippen molar-refractivity contribution in [1.29, 1.82) is 0 Å². The molecule has 5 nitrogen and oxygen atoms in total. The van der Waals surface area contributed by atoms with E-state index in [-0.39, 0.29) is 11.5 Å². The van der Waals surface area contributed by atoms with E-state index >= 15 is 0 Å². The van der Waals surface area contributed by atoms with Crippen LogP contribution in [-0.2, 0) is 11.2 Å². The van der Waals surface area contributed by atoms with E-state index in [0.717, 1.165) is 17.1 Å². The van der Waals surface area contributed by atoms with E-state index in [0.29, 0.717) is 23.5 Å². The van der Waals surface area contributed by atoms with Gasteiger partial charge in [0.25, 0.3) is 0 Å². The van der Waals surface area contributed by atoms with Gasteiger partial charge in [0.1, 0.15) is 10.6 Å². The Balaban J connectivity index is 1.96. The summed E-state index contributed by atoms with van der Waals surface area (Å²) in [5.74, 6) is -1.28. The second-order valence-electron chi connectivity index (χ2n) is 4.81. The first-order valence-corrected chi connectivity index (χ1v) is 7.29. The number of hydrogen-bond donors (Lipinski definition) is 2. The number of hydrogen-bond acceptors (Lipinski definition) is 4. The van der Waals surface area contributed by atoms with E-state index in [1.807, 2.05) is 31.2 Å². The van der Waals surface area contributed by atoms with Crippen molar-refractivity contribution in [3.05, 3.63) is 46.6 Å². The lowest BCUT2D eigenvalue weighted by Crippen LogP contribution is -2.14. The molecule has 0 bridgehead atoms. The van der Waals surface area contributed by atoms with E-state index in [1.54, 1.807) is 6.92 Å². The molecular formula is C15H16N2O3S. The van der Waals surface area contributed by atoms with Gasteiger partial charge in [-0.3, -0.25) is 4.79 Å². The van der Waals surface area contributed by atoms with E-state index in [1.165, 1.54) is 5.56 Å². The Morgan fingerprint density at radius 3 is 2.52 bits per heavy atom. The number of carboxylic acids is 1. The number of nitrogens with one attached hydrogen (secondary N) is 1. The Labute approximate surface area is 126 Å². The van der Waals surface area contributed by atoms with Gasteiger partial charge in [0, 0.05) is 6.42 Å². The van der Waals surface area contributed by atoms with Crippen molar-refractivity contribution in [2.24, 2.45) is 0 Å². The van der Waals surface area contributed by atoms with Crippen LogP contribution in [0, 0.1) is 13.8 Å². The maximum atomic E-state index is 11.9. The van der Waals surface area contributed by atoms with Crippen LogP contribution in [0.5, 0.6) is 0 Å². The molecule has 2 rings (SSSR count). The molecule has 0 unspecified atom stereocenters. The number of carbonyl (C=O) groups excluding carboxylic acids is 1. The maximum absolute atomic E-state index is 11.9. The third-order valence-electron chi connectivity index (χ3n) is 3.09. The standard InChI is InChI=1S/C15H16N2O3S/c1-9-3-5-11(6-4-9)7-8-12(18)16-14-13(15(19)20)10(2)17-21-14/h3-6H,7-8H2,1-2H3,(H,16,18)(H,19,20). The first-order chi connectivity index (χ1) is 9.97. The van der Waals surface area contributed by atoms with Gasteiger partial charge in [0.05, 0.1) is 5.69 Å². The molecule has 0 fully saturated rings. The topological polar surface area (TPSA) is 79.3 Å². The second kappa shape index (κ2) is 6.49. The van der Waals surface area contributed by atoms with Crippen molar-refractivity contribution < 1.29 is 14.7 Å². The summed E-state index contributed by atoms with van der Waals surface area (Å²) in [6.45, 7) is 3.62. The molecule has 0 aliphatic heterocycles. The van der Waals surface area contributed by atoms with Crippen LogP contribution in [0.1, 0.15) is 33.6 Å². The molecule has 1 aromatic carbocycles. The van der Waals surface area contributed by atoms with Gasteiger partial charge < -0.3 is 10.4 Å². The highest BCUT2D eigenvalue weighted by molar-refractivity contribution is 7.11. The van der Waals surface area contributed by atoms with E-state index in [9.17, 15) is 9.59 Å². The average Bonchev–Trinajstić information content (AvgIpc) is 2.79. The summed E-state index contributed by atoms with van der Waals surface area (Å²) >= 11 is 0.994. The molecule has 0 saturated heterocycles. The predicted octanol–water partition coefficient (Wildman–Crippen LogP) is 3.03. The molecule has 0 spiro atoms. The zero-order valence-electron chi connectivity index (χ0n) is 11.8. The highest BCUT2D eigenvalue weighted by Crippen LogP contribution is 2.24. The fourth-order valence-corrected chi connectivity index (χ4v) is 2.71. The third-order valence-corrected chi connectivity index (χ3v) is 3.94. The smallest absolute Gasteiger partial charge is 0.340 e. The molecule has 1 aromatic heterocycles. The Kier molecular flexibility index (Phi) is 4.70. The maximum Gasteiger partial charge on any atom is 0.340 e. The number of anilines is 1. The molecule has 0 aliphatic rings. The van der Waals surface area contributed by atoms with Crippen LogP contribution in [0.25, 0.3) is 0 Å². The Bertz CT molecular complexity index is 662.